The maximum atomic E-state index is 9.70. The summed E-state index contributed by atoms with van der Waals surface area (Å²) in [7, 11) is 0. The molecule has 8 nitrogen and oxygen atoms in total. The average Bonchev–Trinajstić information content (AvgIpc) is 2.72. The van der Waals surface area contributed by atoms with Crippen LogP contribution in [0.15, 0.2) is 36.5 Å². The van der Waals surface area contributed by atoms with E-state index >= 15 is 0 Å². The summed E-state index contributed by atoms with van der Waals surface area (Å²) in [6.07, 6.45) is 2.02. The van der Waals surface area contributed by atoms with Gasteiger partial charge in [0.15, 0.2) is 0 Å². The van der Waals surface area contributed by atoms with Gasteiger partial charge in [0.1, 0.15) is 17.7 Å². The monoisotopic (exact) mass is 374 g/mol. The zero-order valence-electron chi connectivity index (χ0n) is 15.4. The predicted octanol–water partition coefficient (Wildman–Crippen LogP) is 1.31. The molecule has 2 heterocycles. The van der Waals surface area contributed by atoms with Gasteiger partial charge in [0, 0.05) is 12.7 Å². The summed E-state index contributed by atoms with van der Waals surface area (Å²) in [6.45, 7) is 3.23. The number of aliphatic hydroxyl groups excluding tert-OH is 2. The van der Waals surface area contributed by atoms with Gasteiger partial charge in [-0.05, 0) is 30.2 Å². The molecule has 3 rings (SSSR count). The largest absolute Gasteiger partial charge is 0.508 e. The molecule has 1 unspecified atom stereocenters. The van der Waals surface area contributed by atoms with Crippen LogP contribution in [0.2, 0.25) is 0 Å². The molecule has 1 aliphatic rings. The number of morpholine rings is 1. The van der Waals surface area contributed by atoms with Gasteiger partial charge in [-0.15, -0.1) is 0 Å². The molecular formula is C19H26N4O4. The van der Waals surface area contributed by atoms with Gasteiger partial charge in [0.2, 0.25) is 5.95 Å². The summed E-state index contributed by atoms with van der Waals surface area (Å²) in [6, 6.07) is 8.76. The maximum Gasteiger partial charge on any atom is 0.227 e. The second-order valence-corrected chi connectivity index (χ2v) is 6.72. The first-order chi connectivity index (χ1) is 13.1. The summed E-state index contributed by atoms with van der Waals surface area (Å²) in [5.74, 6) is 1.30. The van der Waals surface area contributed by atoms with Crippen LogP contribution in [0.25, 0.3) is 0 Å². The second kappa shape index (κ2) is 8.51. The zero-order valence-corrected chi connectivity index (χ0v) is 15.4. The number of nitrogens with one attached hydrogen (secondary N) is 1. The maximum absolute atomic E-state index is 9.70. The van der Waals surface area contributed by atoms with Crippen LogP contribution >= 0.6 is 0 Å². The van der Waals surface area contributed by atoms with Gasteiger partial charge in [-0.3, -0.25) is 0 Å². The van der Waals surface area contributed by atoms with Crippen molar-refractivity contribution in [1.29, 1.82) is 0 Å². The summed E-state index contributed by atoms with van der Waals surface area (Å²) in [5.41, 5.74) is 0.0836. The lowest BCUT2D eigenvalue weighted by atomic mass is 9.98. The van der Waals surface area contributed by atoms with Gasteiger partial charge in [-0.25, -0.2) is 4.98 Å². The second-order valence-electron chi connectivity index (χ2n) is 6.72. The fourth-order valence-electron chi connectivity index (χ4n) is 3.04. The van der Waals surface area contributed by atoms with Crippen molar-refractivity contribution >= 4 is 11.8 Å². The van der Waals surface area contributed by atoms with Gasteiger partial charge in [0.05, 0.1) is 31.9 Å². The first-order valence-corrected chi connectivity index (χ1v) is 9.07. The first-order valence-electron chi connectivity index (χ1n) is 9.07. The lowest BCUT2D eigenvalue weighted by Gasteiger charge is -2.34. The van der Waals surface area contributed by atoms with Crippen molar-refractivity contribution in [2.24, 2.45) is 0 Å². The Labute approximate surface area is 158 Å². The molecule has 146 valence electrons. The summed E-state index contributed by atoms with van der Waals surface area (Å²) in [5, 5.41) is 32.1. The number of anilines is 2. The molecule has 0 bridgehead atoms. The molecule has 0 saturated carbocycles. The zero-order chi connectivity index (χ0) is 19.3. The molecule has 8 heteroatoms. The Balaban J connectivity index is 1.76. The minimum atomic E-state index is -0.819. The van der Waals surface area contributed by atoms with E-state index in [1.54, 1.807) is 30.5 Å². The number of benzene rings is 1. The number of nitrogens with zero attached hydrogens (tertiary/aromatic N) is 3. The standard InChI is InChI=1S/C19H26N4O4/c1-2-19(12-24,13-25)22-17-6-7-20-18(21-17)23-8-9-27-16(11-23)14-4-3-5-15(26)10-14/h3-7,10,16,24-26H,2,8-9,11-13H2,1H3,(H,20,21,22). The van der Waals surface area contributed by atoms with E-state index in [1.807, 2.05) is 17.9 Å². The Morgan fingerprint density at radius 3 is 2.81 bits per heavy atom. The molecule has 1 fully saturated rings. The van der Waals surface area contributed by atoms with E-state index in [4.69, 9.17) is 4.74 Å². The number of ether oxygens (including phenoxy) is 1. The SMILES string of the molecule is CCC(CO)(CO)Nc1ccnc(N2CCOC(c3cccc(O)c3)C2)n1. The Morgan fingerprint density at radius 2 is 2.11 bits per heavy atom. The van der Waals surface area contributed by atoms with Gasteiger partial charge < -0.3 is 30.3 Å². The lowest BCUT2D eigenvalue weighted by molar-refractivity contribution is 0.0391. The normalized spacial score (nSPS) is 17.7. The van der Waals surface area contributed by atoms with E-state index in [2.05, 4.69) is 15.3 Å². The number of rotatable bonds is 7. The van der Waals surface area contributed by atoms with Crippen molar-refractivity contribution in [2.45, 2.75) is 25.0 Å². The Morgan fingerprint density at radius 1 is 1.30 bits per heavy atom. The summed E-state index contributed by atoms with van der Waals surface area (Å²) < 4.78 is 5.84. The van der Waals surface area contributed by atoms with Crippen LogP contribution in [0.5, 0.6) is 5.75 Å². The number of hydrogen-bond acceptors (Lipinski definition) is 8. The topological polar surface area (TPSA) is 111 Å². The Bertz CT molecular complexity index is 746. The highest BCUT2D eigenvalue weighted by molar-refractivity contribution is 5.44. The van der Waals surface area contributed by atoms with Gasteiger partial charge in [-0.1, -0.05) is 19.1 Å². The van der Waals surface area contributed by atoms with Crippen molar-refractivity contribution in [3.8, 4) is 5.75 Å². The van der Waals surface area contributed by atoms with Gasteiger partial charge >= 0.3 is 0 Å². The number of aromatic hydroxyl groups is 1. The van der Waals surface area contributed by atoms with Crippen LogP contribution in [0, 0.1) is 0 Å². The first kappa shape index (κ1) is 19.3. The highest BCUT2D eigenvalue weighted by Gasteiger charge is 2.28. The average molecular weight is 374 g/mol. The molecule has 0 amide bonds. The smallest absolute Gasteiger partial charge is 0.227 e. The highest BCUT2D eigenvalue weighted by Crippen LogP contribution is 2.27. The fourth-order valence-corrected chi connectivity index (χ4v) is 3.04. The molecule has 1 aromatic carbocycles. The van der Waals surface area contributed by atoms with Crippen LogP contribution in [0.1, 0.15) is 25.0 Å². The van der Waals surface area contributed by atoms with Crippen LogP contribution in [-0.2, 0) is 4.74 Å². The molecule has 27 heavy (non-hydrogen) atoms. The van der Waals surface area contributed by atoms with Gasteiger partial charge in [-0.2, -0.15) is 4.98 Å². The molecule has 1 aliphatic heterocycles. The molecule has 0 spiro atoms. The van der Waals surface area contributed by atoms with E-state index in [0.717, 1.165) is 5.56 Å². The minimum Gasteiger partial charge on any atom is -0.508 e. The highest BCUT2D eigenvalue weighted by atomic mass is 16.5. The van der Waals surface area contributed by atoms with Crippen molar-refractivity contribution < 1.29 is 20.1 Å². The molecular weight excluding hydrogens is 348 g/mol. The molecule has 0 aliphatic carbocycles. The third-order valence-electron chi connectivity index (χ3n) is 4.91. The van der Waals surface area contributed by atoms with Crippen molar-refractivity contribution in [2.75, 3.05) is 43.1 Å². The third kappa shape index (κ3) is 4.47. The predicted molar refractivity (Wildman–Crippen MR) is 102 cm³/mol. The van der Waals surface area contributed by atoms with Crippen LogP contribution < -0.4 is 10.2 Å². The van der Waals surface area contributed by atoms with Crippen molar-refractivity contribution in [1.82, 2.24) is 9.97 Å². The van der Waals surface area contributed by atoms with Crippen molar-refractivity contribution in [3.05, 3.63) is 42.1 Å². The molecule has 4 N–H and O–H groups in total. The van der Waals surface area contributed by atoms with Crippen LogP contribution in [0.4, 0.5) is 11.8 Å². The minimum absolute atomic E-state index is 0.185. The van der Waals surface area contributed by atoms with Crippen molar-refractivity contribution in [3.63, 3.8) is 0 Å². The number of hydrogen-bond donors (Lipinski definition) is 4. The molecule has 2 aromatic rings. The Hall–Kier alpha value is -2.42. The fraction of sp³-hybridized carbons (Fsp3) is 0.474. The molecule has 1 aromatic heterocycles. The van der Waals surface area contributed by atoms with Gasteiger partial charge in [0.25, 0.3) is 0 Å². The van der Waals surface area contributed by atoms with Crippen LogP contribution in [0.3, 0.4) is 0 Å². The molecule has 1 saturated heterocycles. The molecule has 1 atom stereocenters. The lowest BCUT2D eigenvalue weighted by Crippen LogP contribution is -2.45. The Kier molecular flexibility index (Phi) is 6.10. The number of phenolic OH excluding ortho intramolecular Hbond substituents is 1. The van der Waals surface area contributed by atoms with E-state index in [1.165, 1.54) is 0 Å². The number of aliphatic hydroxyl groups is 2. The third-order valence-corrected chi connectivity index (χ3v) is 4.91. The number of phenols is 1. The summed E-state index contributed by atoms with van der Waals surface area (Å²) in [4.78, 5) is 10.9. The van der Waals surface area contributed by atoms with Crippen LogP contribution in [-0.4, -0.2) is 63.7 Å². The van der Waals surface area contributed by atoms with E-state index in [9.17, 15) is 15.3 Å². The van der Waals surface area contributed by atoms with E-state index < -0.39 is 5.54 Å². The van der Waals surface area contributed by atoms with E-state index in [-0.39, 0.29) is 25.1 Å². The quantitative estimate of drug-likeness (QED) is 0.574. The van der Waals surface area contributed by atoms with E-state index in [0.29, 0.717) is 37.9 Å². The molecule has 0 radical (unpaired) electrons. The summed E-state index contributed by atoms with van der Waals surface area (Å²) >= 11 is 0. The number of aromatic nitrogens is 2.